The Hall–Kier alpha value is -2.32. The van der Waals surface area contributed by atoms with E-state index in [-0.39, 0.29) is 11.8 Å². The molecule has 0 saturated carbocycles. The monoisotopic (exact) mass is 457 g/mol. The minimum absolute atomic E-state index is 0.113. The molecular weight excluding hydrogens is 414 g/mol. The van der Waals surface area contributed by atoms with E-state index in [1.165, 1.54) is 31.0 Å². The van der Waals surface area contributed by atoms with E-state index in [0.29, 0.717) is 12.8 Å². The summed E-state index contributed by atoms with van der Waals surface area (Å²) in [5.41, 5.74) is -0.695. The van der Waals surface area contributed by atoms with Crippen molar-refractivity contribution in [2.45, 2.75) is 92.0 Å². The van der Waals surface area contributed by atoms with Crippen LogP contribution in [0.15, 0.2) is 0 Å². The van der Waals surface area contributed by atoms with Crippen LogP contribution < -0.4 is 5.32 Å². The lowest BCUT2D eigenvalue weighted by molar-refractivity contribution is -0.148. The SMILES string of the molecule is COC(=O)[C@H](CC(C)C)NC(=O)[C@H](CC(C)C)N(C)C(=O)[C@H](C)N(C)C(=O)OC(C)(C)C. The van der Waals surface area contributed by atoms with Crippen molar-refractivity contribution in [3.8, 4) is 0 Å². The Balaban J connectivity index is 5.59. The molecule has 0 aliphatic heterocycles. The summed E-state index contributed by atoms with van der Waals surface area (Å²) >= 11 is 0. The average molecular weight is 458 g/mol. The molecule has 0 aromatic heterocycles. The molecule has 0 aliphatic carbocycles. The zero-order valence-electron chi connectivity index (χ0n) is 21.6. The topological polar surface area (TPSA) is 105 Å². The number of nitrogens with zero attached hydrogens (tertiary/aromatic N) is 2. The number of amides is 3. The van der Waals surface area contributed by atoms with Gasteiger partial charge in [0.05, 0.1) is 7.11 Å². The number of rotatable bonds is 10. The van der Waals surface area contributed by atoms with Crippen molar-refractivity contribution in [3.63, 3.8) is 0 Å². The number of carbonyl (C=O) groups excluding carboxylic acids is 4. The smallest absolute Gasteiger partial charge is 0.410 e. The summed E-state index contributed by atoms with van der Waals surface area (Å²) in [5.74, 6) is -1.09. The molecular formula is C23H43N3O6. The molecule has 0 bridgehead atoms. The molecule has 9 nitrogen and oxygen atoms in total. The van der Waals surface area contributed by atoms with Gasteiger partial charge >= 0.3 is 12.1 Å². The Kier molecular flexibility index (Phi) is 11.7. The number of ether oxygens (including phenoxy) is 2. The van der Waals surface area contributed by atoms with Crippen molar-refractivity contribution < 1.29 is 28.7 Å². The van der Waals surface area contributed by atoms with Gasteiger partial charge in [0.2, 0.25) is 11.8 Å². The van der Waals surface area contributed by atoms with E-state index in [1.807, 2.05) is 27.7 Å². The van der Waals surface area contributed by atoms with E-state index in [9.17, 15) is 19.2 Å². The Labute approximate surface area is 193 Å². The first-order chi connectivity index (χ1) is 14.5. The van der Waals surface area contributed by atoms with Gasteiger partial charge in [-0.25, -0.2) is 9.59 Å². The largest absolute Gasteiger partial charge is 0.467 e. The van der Waals surface area contributed by atoms with Crippen LogP contribution in [0.3, 0.4) is 0 Å². The van der Waals surface area contributed by atoms with Crippen LogP contribution in [-0.2, 0) is 23.9 Å². The van der Waals surface area contributed by atoms with Crippen molar-refractivity contribution >= 4 is 23.9 Å². The molecule has 0 rings (SSSR count). The van der Waals surface area contributed by atoms with Crippen LogP contribution in [0, 0.1) is 11.8 Å². The Bertz CT molecular complexity index is 657. The summed E-state index contributed by atoms with van der Waals surface area (Å²) in [6.07, 6.45) is 0.189. The predicted molar refractivity (Wildman–Crippen MR) is 123 cm³/mol. The molecule has 9 heteroatoms. The molecule has 32 heavy (non-hydrogen) atoms. The number of hydrogen-bond acceptors (Lipinski definition) is 6. The minimum atomic E-state index is -0.843. The highest BCUT2D eigenvalue weighted by Crippen LogP contribution is 2.16. The van der Waals surface area contributed by atoms with E-state index in [1.54, 1.807) is 27.7 Å². The average Bonchev–Trinajstić information content (AvgIpc) is 2.66. The van der Waals surface area contributed by atoms with E-state index in [2.05, 4.69) is 5.32 Å². The van der Waals surface area contributed by atoms with E-state index in [0.717, 1.165) is 0 Å². The molecule has 0 aromatic carbocycles. The number of methoxy groups -OCH3 is 1. The van der Waals surface area contributed by atoms with Crippen molar-refractivity contribution in [2.75, 3.05) is 21.2 Å². The predicted octanol–water partition coefficient (Wildman–Crippen LogP) is 2.82. The third-order valence-corrected chi connectivity index (χ3v) is 4.94. The molecule has 0 saturated heterocycles. The molecule has 186 valence electrons. The number of likely N-dealkylation sites (N-methyl/N-ethyl adjacent to an activating group) is 2. The molecule has 0 unspecified atom stereocenters. The Morgan fingerprint density at radius 1 is 0.875 bits per heavy atom. The molecule has 0 spiro atoms. The van der Waals surface area contributed by atoms with Gasteiger partial charge in [0.15, 0.2) is 0 Å². The van der Waals surface area contributed by atoms with Crippen molar-refractivity contribution in [1.82, 2.24) is 15.1 Å². The molecule has 0 heterocycles. The summed E-state index contributed by atoms with van der Waals surface area (Å²) in [7, 11) is 4.29. The van der Waals surface area contributed by atoms with Gasteiger partial charge < -0.3 is 19.7 Å². The Morgan fingerprint density at radius 2 is 1.38 bits per heavy atom. The third-order valence-electron chi connectivity index (χ3n) is 4.94. The van der Waals surface area contributed by atoms with Crippen molar-refractivity contribution in [3.05, 3.63) is 0 Å². The zero-order valence-corrected chi connectivity index (χ0v) is 21.6. The quantitative estimate of drug-likeness (QED) is 0.506. The highest BCUT2D eigenvalue weighted by atomic mass is 16.6. The molecule has 0 radical (unpaired) electrons. The first-order valence-electron chi connectivity index (χ1n) is 11.1. The maximum absolute atomic E-state index is 13.1. The fourth-order valence-corrected chi connectivity index (χ4v) is 3.09. The normalized spacial score (nSPS) is 14.4. The summed E-state index contributed by atoms with van der Waals surface area (Å²) < 4.78 is 10.2. The molecule has 0 aromatic rings. The van der Waals surface area contributed by atoms with E-state index in [4.69, 9.17) is 9.47 Å². The fourth-order valence-electron chi connectivity index (χ4n) is 3.09. The second kappa shape index (κ2) is 12.6. The van der Waals surface area contributed by atoms with E-state index >= 15 is 0 Å². The van der Waals surface area contributed by atoms with Crippen LogP contribution in [0.5, 0.6) is 0 Å². The van der Waals surface area contributed by atoms with Crippen molar-refractivity contribution in [1.29, 1.82) is 0 Å². The lowest BCUT2D eigenvalue weighted by atomic mass is 9.99. The molecule has 3 amide bonds. The number of nitrogens with one attached hydrogen (secondary N) is 1. The molecule has 3 atom stereocenters. The fraction of sp³-hybridized carbons (Fsp3) is 0.826. The van der Waals surface area contributed by atoms with E-state index < -0.39 is 47.6 Å². The van der Waals surface area contributed by atoms with Gasteiger partial charge in [0, 0.05) is 14.1 Å². The molecule has 1 N–H and O–H groups in total. The number of hydrogen-bond donors (Lipinski definition) is 1. The first kappa shape index (κ1) is 29.7. The maximum atomic E-state index is 13.1. The zero-order chi connectivity index (χ0) is 25.4. The van der Waals surface area contributed by atoms with Gasteiger partial charge in [0.25, 0.3) is 0 Å². The number of carbonyl (C=O) groups is 4. The lowest BCUT2D eigenvalue weighted by Gasteiger charge is -2.34. The second-order valence-corrected chi connectivity index (χ2v) is 10.1. The molecule has 0 aliphatic rings. The van der Waals surface area contributed by atoms with Gasteiger partial charge in [-0.1, -0.05) is 27.7 Å². The van der Waals surface area contributed by atoms with Crippen LogP contribution in [0.1, 0.15) is 68.2 Å². The summed E-state index contributed by atoms with van der Waals surface area (Å²) in [4.78, 5) is 53.3. The van der Waals surface area contributed by atoms with Crippen molar-refractivity contribution in [2.24, 2.45) is 11.8 Å². The molecule has 0 fully saturated rings. The van der Waals surface area contributed by atoms with Crippen LogP contribution in [0.4, 0.5) is 4.79 Å². The Morgan fingerprint density at radius 3 is 1.78 bits per heavy atom. The standard InChI is InChI=1S/C23H43N3O6/c1-14(2)12-17(21(29)31-11)24-19(27)18(13-15(3)4)26(10)20(28)16(5)25(9)22(30)32-23(6,7)8/h14-18H,12-13H2,1-11H3,(H,24,27)/t16-,17-,18-/m0/s1. The van der Waals surface area contributed by atoms with Crippen LogP contribution >= 0.6 is 0 Å². The summed E-state index contributed by atoms with van der Waals surface area (Å²) in [6.45, 7) is 14.6. The lowest BCUT2D eigenvalue weighted by Crippen LogP contribution is -2.56. The van der Waals surface area contributed by atoms with Gasteiger partial charge in [0.1, 0.15) is 23.7 Å². The number of esters is 1. The van der Waals surface area contributed by atoms with Crippen LogP contribution in [0.25, 0.3) is 0 Å². The highest BCUT2D eigenvalue weighted by molar-refractivity contribution is 5.92. The minimum Gasteiger partial charge on any atom is -0.467 e. The van der Waals surface area contributed by atoms with Gasteiger partial charge in [-0.05, 0) is 52.4 Å². The van der Waals surface area contributed by atoms with Crippen LogP contribution in [0.2, 0.25) is 0 Å². The summed E-state index contributed by atoms with van der Waals surface area (Å²) in [6, 6.07) is -2.45. The first-order valence-corrected chi connectivity index (χ1v) is 11.1. The van der Waals surface area contributed by atoms with Gasteiger partial charge in [-0.2, -0.15) is 0 Å². The van der Waals surface area contributed by atoms with Gasteiger partial charge in [-0.15, -0.1) is 0 Å². The second-order valence-electron chi connectivity index (χ2n) is 10.1. The maximum Gasteiger partial charge on any atom is 0.410 e. The third kappa shape index (κ3) is 9.87. The van der Waals surface area contributed by atoms with Gasteiger partial charge in [-0.3, -0.25) is 14.5 Å². The summed E-state index contributed by atoms with van der Waals surface area (Å²) in [5, 5.41) is 2.75. The van der Waals surface area contributed by atoms with Crippen LogP contribution in [-0.4, -0.2) is 78.6 Å². The highest BCUT2D eigenvalue weighted by Gasteiger charge is 2.35.